The van der Waals surface area contributed by atoms with Crippen LogP contribution in [0.2, 0.25) is 0 Å². The predicted octanol–water partition coefficient (Wildman–Crippen LogP) is 3.02. The van der Waals surface area contributed by atoms with Gasteiger partial charge >= 0.3 is 0 Å². The van der Waals surface area contributed by atoms with E-state index in [4.69, 9.17) is 4.74 Å². The molecule has 0 saturated carbocycles. The number of aryl methyl sites for hydroxylation is 2. The summed E-state index contributed by atoms with van der Waals surface area (Å²) in [5.41, 5.74) is 2.45. The molecule has 5 heteroatoms. The Balaban J connectivity index is 2.19. The smallest absolute Gasteiger partial charge is 0.156 e. The molecule has 0 aliphatic carbocycles. The zero-order valence-electron chi connectivity index (χ0n) is 12.9. The summed E-state index contributed by atoms with van der Waals surface area (Å²) in [6.07, 6.45) is 0. The Bertz CT molecular complexity index is 631. The van der Waals surface area contributed by atoms with Gasteiger partial charge in [-0.1, -0.05) is 12.1 Å². The molecule has 21 heavy (non-hydrogen) atoms. The normalized spacial score (nSPS) is 10.7. The zero-order chi connectivity index (χ0) is 15.4. The van der Waals surface area contributed by atoms with E-state index in [2.05, 4.69) is 9.97 Å². The topological polar surface area (TPSA) is 38.2 Å². The van der Waals surface area contributed by atoms with Gasteiger partial charge in [0.1, 0.15) is 18.2 Å². The van der Waals surface area contributed by atoms with Gasteiger partial charge in [0.25, 0.3) is 0 Å². The first kappa shape index (κ1) is 15.4. The Morgan fingerprint density at radius 2 is 1.95 bits per heavy atom. The molecule has 0 radical (unpaired) electrons. The van der Waals surface area contributed by atoms with E-state index in [1.54, 1.807) is 26.2 Å². The predicted molar refractivity (Wildman–Crippen MR) is 80.7 cm³/mol. The summed E-state index contributed by atoms with van der Waals surface area (Å²) in [4.78, 5) is 10.7. The van der Waals surface area contributed by atoms with Crippen molar-refractivity contribution in [1.29, 1.82) is 0 Å². The summed E-state index contributed by atoms with van der Waals surface area (Å²) in [5.74, 6) is 1.27. The third-order valence-electron chi connectivity index (χ3n) is 3.21. The Hall–Kier alpha value is -2.01. The molecule has 0 bridgehead atoms. The average Bonchev–Trinajstić information content (AvgIpc) is 2.42. The monoisotopic (exact) mass is 289 g/mol. The van der Waals surface area contributed by atoms with Crippen LogP contribution in [-0.4, -0.2) is 24.1 Å². The van der Waals surface area contributed by atoms with Crippen LogP contribution in [0.5, 0.6) is 0 Å². The molecule has 2 rings (SSSR count). The lowest BCUT2D eigenvalue weighted by atomic mass is 10.1. The van der Waals surface area contributed by atoms with E-state index in [0.29, 0.717) is 24.5 Å². The molecular formula is C16H20FN3O. The minimum atomic E-state index is -0.181. The van der Waals surface area contributed by atoms with Crippen molar-refractivity contribution in [3.05, 3.63) is 52.7 Å². The lowest BCUT2D eigenvalue weighted by molar-refractivity contribution is 0.177. The van der Waals surface area contributed by atoms with E-state index in [9.17, 15) is 4.39 Å². The molecule has 0 spiro atoms. The molecule has 0 aliphatic heterocycles. The Morgan fingerprint density at radius 3 is 2.62 bits per heavy atom. The molecular weight excluding hydrogens is 269 g/mol. The van der Waals surface area contributed by atoms with Gasteiger partial charge < -0.3 is 9.64 Å². The highest BCUT2D eigenvalue weighted by Gasteiger charge is 2.08. The van der Waals surface area contributed by atoms with E-state index in [1.165, 1.54) is 0 Å². The molecule has 0 atom stereocenters. The molecule has 0 saturated heterocycles. The molecule has 0 amide bonds. The quantitative estimate of drug-likeness (QED) is 0.848. The van der Waals surface area contributed by atoms with Crippen LogP contribution in [0.3, 0.4) is 0 Å². The van der Waals surface area contributed by atoms with Crippen molar-refractivity contribution in [1.82, 2.24) is 9.97 Å². The largest absolute Gasteiger partial charge is 0.377 e. The van der Waals surface area contributed by atoms with Gasteiger partial charge in [0.05, 0.1) is 0 Å². The van der Waals surface area contributed by atoms with Crippen LogP contribution in [0.4, 0.5) is 10.2 Å². The van der Waals surface area contributed by atoms with Gasteiger partial charge in [-0.2, -0.15) is 0 Å². The Kier molecular flexibility index (Phi) is 4.85. The van der Waals surface area contributed by atoms with Crippen LogP contribution in [0.1, 0.15) is 22.6 Å². The standard InChI is InChI=1S/C16H20FN3O/c1-11-5-6-13(8-14(11)17)9-20(3)16-7-12(2)18-15(19-16)10-21-4/h5-8H,9-10H2,1-4H3. The maximum Gasteiger partial charge on any atom is 0.156 e. The van der Waals surface area contributed by atoms with Gasteiger partial charge in [-0.05, 0) is 31.0 Å². The Labute approximate surface area is 124 Å². The molecule has 2 aromatic rings. The number of hydrogen-bond donors (Lipinski definition) is 0. The first-order valence-corrected chi connectivity index (χ1v) is 6.79. The van der Waals surface area contributed by atoms with E-state index >= 15 is 0 Å². The number of rotatable bonds is 5. The average molecular weight is 289 g/mol. The van der Waals surface area contributed by atoms with Crippen molar-refractivity contribution in [2.24, 2.45) is 0 Å². The number of methoxy groups -OCH3 is 1. The molecule has 0 N–H and O–H groups in total. The highest BCUT2D eigenvalue weighted by molar-refractivity contribution is 5.40. The third kappa shape index (κ3) is 3.98. The summed E-state index contributed by atoms with van der Waals surface area (Å²) in [6.45, 7) is 4.64. The van der Waals surface area contributed by atoms with Crippen LogP contribution in [-0.2, 0) is 17.9 Å². The van der Waals surface area contributed by atoms with Crippen LogP contribution < -0.4 is 4.90 Å². The van der Waals surface area contributed by atoms with E-state index < -0.39 is 0 Å². The van der Waals surface area contributed by atoms with E-state index in [0.717, 1.165) is 17.1 Å². The SMILES string of the molecule is COCc1nc(C)cc(N(C)Cc2ccc(C)c(F)c2)n1. The maximum absolute atomic E-state index is 13.6. The second-order valence-corrected chi connectivity index (χ2v) is 5.16. The van der Waals surface area contributed by atoms with Crippen LogP contribution >= 0.6 is 0 Å². The molecule has 0 aliphatic rings. The van der Waals surface area contributed by atoms with Crippen LogP contribution in [0, 0.1) is 19.7 Å². The minimum absolute atomic E-state index is 0.181. The summed E-state index contributed by atoms with van der Waals surface area (Å²) in [5, 5.41) is 0. The molecule has 1 aromatic carbocycles. The molecule has 1 heterocycles. The number of ether oxygens (including phenoxy) is 1. The second kappa shape index (κ2) is 6.63. The van der Waals surface area contributed by atoms with E-state index in [1.807, 2.05) is 31.0 Å². The van der Waals surface area contributed by atoms with Crippen LogP contribution in [0.15, 0.2) is 24.3 Å². The fourth-order valence-electron chi connectivity index (χ4n) is 2.09. The van der Waals surface area contributed by atoms with Gasteiger partial charge in [-0.3, -0.25) is 0 Å². The highest BCUT2D eigenvalue weighted by atomic mass is 19.1. The van der Waals surface area contributed by atoms with Crippen molar-refractivity contribution in [2.45, 2.75) is 27.0 Å². The van der Waals surface area contributed by atoms with Gasteiger partial charge in [-0.15, -0.1) is 0 Å². The molecule has 112 valence electrons. The van der Waals surface area contributed by atoms with E-state index in [-0.39, 0.29) is 5.82 Å². The zero-order valence-corrected chi connectivity index (χ0v) is 12.9. The molecule has 4 nitrogen and oxygen atoms in total. The number of benzene rings is 1. The summed E-state index contributed by atoms with van der Waals surface area (Å²) >= 11 is 0. The fraction of sp³-hybridized carbons (Fsp3) is 0.375. The van der Waals surface area contributed by atoms with Crippen molar-refractivity contribution in [2.75, 3.05) is 19.1 Å². The summed E-state index contributed by atoms with van der Waals surface area (Å²) in [7, 11) is 3.54. The highest BCUT2D eigenvalue weighted by Crippen LogP contribution is 2.16. The number of anilines is 1. The lowest BCUT2D eigenvalue weighted by Crippen LogP contribution is -2.19. The number of aromatic nitrogens is 2. The first-order chi connectivity index (χ1) is 9.99. The van der Waals surface area contributed by atoms with Crippen LogP contribution in [0.25, 0.3) is 0 Å². The summed E-state index contributed by atoms with van der Waals surface area (Å²) < 4.78 is 18.7. The molecule has 1 aromatic heterocycles. The fourth-order valence-corrected chi connectivity index (χ4v) is 2.09. The number of hydrogen-bond acceptors (Lipinski definition) is 4. The maximum atomic E-state index is 13.6. The third-order valence-corrected chi connectivity index (χ3v) is 3.21. The first-order valence-electron chi connectivity index (χ1n) is 6.79. The second-order valence-electron chi connectivity index (χ2n) is 5.16. The summed E-state index contributed by atoms with van der Waals surface area (Å²) in [6, 6.07) is 7.19. The Morgan fingerprint density at radius 1 is 1.19 bits per heavy atom. The minimum Gasteiger partial charge on any atom is -0.377 e. The van der Waals surface area contributed by atoms with Crippen molar-refractivity contribution < 1.29 is 9.13 Å². The van der Waals surface area contributed by atoms with Gasteiger partial charge in [0, 0.05) is 32.5 Å². The van der Waals surface area contributed by atoms with Crippen molar-refractivity contribution in [3.63, 3.8) is 0 Å². The van der Waals surface area contributed by atoms with Crippen molar-refractivity contribution >= 4 is 5.82 Å². The van der Waals surface area contributed by atoms with Gasteiger partial charge in [-0.25, -0.2) is 14.4 Å². The molecule has 0 fully saturated rings. The number of nitrogens with zero attached hydrogens (tertiary/aromatic N) is 3. The molecule has 0 unspecified atom stereocenters. The lowest BCUT2D eigenvalue weighted by Gasteiger charge is -2.19. The van der Waals surface area contributed by atoms with Crippen molar-refractivity contribution in [3.8, 4) is 0 Å². The number of halogens is 1. The van der Waals surface area contributed by atoms with Gasteiger partial charge in [0.2, 0.25) is 0 Å². The van der Waals surface area contributed by atoms with Gasteiger partial charge in [0.15, 0.2) is 5.82 Å².